The molecule has 2 rings (SSSR count). The molecule has 1 unspecified atom stereocenters. The van der Waals surface area contributed by atoms with Crippen molar-refractivity contribution in [3.05, 3.63) is 29.2 Å². The molecule has 0 spiro atoms. The van der Waals surface area contributed by atoms with Gasteiger partial charge in [-0.2, -0.15) is 23.4 Å². The zero-order chi connectivity index (χ0) is 18.1. The van der Waals surface area contributed by atoms with Crippen LogP contribution in [0.2, 0.25) is 0 Å². The predicted octanol–water partition coefficient (Wildman–Crippen LogP) is 3.01. The Morgan fingerprint density at radius 3 is 2.46 bits per heavy atom. The van der Waals surface area contributed by atoms with Gasteiger partial charge in [-0.3, -0.25) is 9.48 Å². The molecule has 0 aromatic carbocycles. The van der Waals surface area contributed by atoms with Gasteiger partial charge >= 0.3 is 6.18 Å². The zero-order valence-electron chi connectivity index (χ0n) is 14.0. The first-order valence-electron chi connectivity index (χ1n) is 7.58. The number of rotatable bonds is 5. The lowest BCUT2D eigenvalue weighted by molar-refractivity contribution is -0.141. The second kappa shape index (κ2) is 6.66. The highest BCUT2D eigenvalue weighted by atomic mass is 19.4. The van der Waals surface area contributed by atoms with Crippen molar-refractivity contribution in [2.45, 2.75) is 47.0 Å². The van der Waals surface area contributed by atoms with Crippen LogP contribution in [0.15, 0.2) is 12.1 Å². The van der Waals surface area contributed by atoms with E-state index in [9.17, 15) is 18.0 Å². The molecule has 1 amide bonds. The lowest BCUT2D eigenvalue weighted by Gasteiger charge is -2.14. The van der Waals surface area contributed by atoms with Crippen LogP contribution in [0.4, 0.5) is 19.0 Å². The van der Waals surface area contributed by atoms with Gasteiger partial charge in [-0.25, -0.2) is 4.68 Å². The van der Waals surface area contributed by atoms with Crippen LogP contribution in [0.1, 0.15) is 30.9 Å². The normalized spacial score (nSPS) is 13.1. The highest BCUT2D eigenvalue weighted by Gasteiger charge is 2.34. The van der Waals surface area contributed by atoms with Gasteiger partial charge in [0.1, 0.15) is 5.82 Å². The Bertz CT molecular complexity index is 732. The van der Waals surface area contributed by atoms with Crippen LogP contribution in [0.3, 0.4) is 0 Å². The standard InChI is InChI=1S/C15H20F3N5O/c1-5-22-13(6-10(3)20-22)19-14(24)9(2)8-23-11(4)7-12(21-23)15(16,17)18/h6-7,9H,5,8H2,1-4H3,(H,19,24). The SMILES string of the molecule is CCn1nc(C)cc1NC(=O)C(C)Cn1nc(C(F)(F)F)cc1C. The second-order valence-electron chi connectivity index (χ2n) is 5.73. The zero-order valence-corrected chi connectivity index (χ0v) is 14.0. The molecule has 1 N–H and O–H groups in total. The molecule has 0 aliphatic rings. The molecular formula is C15H20F3N5O. The third kappa shape index (κ3) is 3.95. The minimum Gasteiger partial charge on any atom is -0.311 e. The van der Waals surface area contributed by atoms with Gasteiger partial charge in [0.05, 0.1) is 18.2 Å². The summed E-state index contributed by atoms with van der Waals surface area (Å²) in [5.41, 5.74) is 0.182. The van der Waals surface area contributed by atoms with Crippen LogP contribution in [-0.4, -0.2) is 25.5 Å². The molecule has 2 heterocycles. The summed E-state index contributed by atoms with van der Waals surface area (Å²) in [5, 5.41) is 10.5. The molecular weight excluding hydrogens is 323 g/mol. The van der Waals surface area contributed by atoms with E-state index >= 15 is 0 Å². The molecule has 2 aromatic rings. The Morgan fingerprint density at radius 2 is 1.92 bits per heavy atom. The maximum atomic E-state index is 12.7. The molecule has 0 radical (unpaired) electrons. The number of carbonyl (C=O) groups excluding carboxylic acids is 1. The van der Waals surface area contributed by atoms with Gasteiger partial charge in [0.2, 0.25) is 5.91 Å². The van der Waals surface area contributed by atoms with E-state index in [2.05, 4.69) is 15.5 Å². The van der Waals surface area contributed by atoms with Gasteiger partial charge in [0, 0.05) is 18.3 Å². The van der Waals surface area contributed by atoms with Crippen molar-refractivity contribution in [2.24, 2.45) is 5.92 Å². The molecule has 132 valence electrons. The fourth-order valence-electron chi connectivity index (χ4n) is 2.31. The van der Waals surface area contributed by atoms with E-state index in [0.29, 0.717) is 18.1 Å². The highest BCUT2D eigenvalue weighted by Crippen LogP contribution is 2.28. The summed E-state index contributed by atoms with van der Waals surface area (Å²) in [4.78, 5) is 12.3. The van der Waals surface area contributed by atoms with Crippen LogP contribution in [0.25, 0.3) is 0 Å². The minimum absolute atomic E-state index is 0.0625. The average Bonchev–Trinajstić information content (AvgIpc) is 3.01. The van der Waals surface area contributed by atoms with Crippen molar-refractivity contribution in [1.29, 1.82) is 0 Å². The van der Waals surface area contributed by atoms with Crippen LogP contribution in [-0.2, 0) is 24.1 Å². The highest BCUT2D eigenvalue weighted by molar-refractivity contribution is 5.91. The molecule has 0 aliphatic carbocycles. The maximum absolute atomic E-state index is 12.7. The third-order valence-corrected chi connectivity index (χ3v) is 3.62. The number of aryl methyl sites for hydroxylation is 3. The first-order chi connectivity index (χ1) is 11.1. The Hall–Kier alpha value is -2.32. The van der Waals surface area contributed by atoms with Crippen LogP contribution >= 0.6 is 0 Å². The van der Waals surface area contributed by atoms with Crippen molar-refractivity contribution in [1.82, 2.24) is 19.6 Å². The minimum atomic E-state index is -4.49. The van der Waals surface area contributed by atoms with Gasteiger partial charge in [0.15, 0.2) is 5.69 Å². The molecule has 0 fully saturated rings. The van der Waals surface area contributed by atoms with Crippen molar-refractivity contribution in [3.8, 4) is 0 Å². The Balaban J connectivity index is 2.08. The molecule has 6 nitrogen and oxygen atoms in total. The van der Waals surface area contributed by atoms with E-state index in [4.69, 9.17) is 0 Å². The number of halogens is 3. The molecule has 0 bridgehead atoms. The summed E-state index contributed by atoms with van der Waals surface area (Å²) in [6, 6.07) is 2.72. The molecule has 9 heteroatoms. The number of amides is 1. The first-order valence-corrected chi connectivity index (χ1v) is 7.58. The summed E-state index contributed by atoms with van der Waals surface area (Å²) in [7, 11) is 0. The molecule has 1 atom stereocenters. The van der Waals surface area contributed by atoms with Crippen LogP contribution < -0.4 is 5.32 Å². The van der Waals surface area contributed by atoms with E-state index in [1.165, 1.54) is 11.6 Å². The van der Waals surface area contributed by atoms with Gasteiger partial charge in [-0.15, -0.1) is 0 Å². The van der Waals surface area contributed by atoms with E-state index in [1.54, 1.807) is 17.7 Å². The monoisotopic (exact) mass is 343 g/mol. The molecule has 0 saturated carbocycles. The number of hydrogen-bond donors (Lipinski definition) is 1. The predicted molar refractivity (Wildman–Crippen MR) is 82.4 cm³/mol. The maximum Gasteiger partial charge on any atom is 0.435 e. The second-order valence-corrected chi connectivity index (χ2v) is 5.73. The summed E-state index contributed by atoms with van der Waals surface area (Å²) >= 11 is 0. The van der Waals surface area contributed by atoms with Crippen molar-refractivity contribution in [2.75, 3.05) is 5.32 Å². The lowest BCUT2D eigenvalue weighted by atomic mass is 10.1. The molecule has 0 saturated heterocycles. The van der Waals surface area contributed by atoms with Crippen molar-refractivity contribution >= 4 is 11.7 Å². The quantitative estimate of drug-likeness (QED) is 0.908. The van der Waals surface area contributed by atoms with Crippen molar-refractivity contribution in [3.63, 3.8) is 0 Å². The summed E-state index contributed by atoms with van der Waals surface area (Å²) in [6.45, 7) is 7.55. The van der Waals surface area contributed by atoms with Gasteiger partial charge < -0.3 is 5.32 Å². The fourth-order valence-corrected chi connectivity index (χ4v) is 2.31. The van der Waals surface area contributed by atoms with Gasteiger partial charge in [0.25, 0.3) is 0 Å². The van der Waals surface area contributed by atoms with Crippen LogP contribution in [0.5, 0.6) is 0 Å². The molecule has 2 aromatic heterocycles. The van der Waals surface area contributed by atoms with Gasteiger partial charge in [-0.05, 0) is 26.8 Å². The smallest absolute Gasteiger partial charge is 0.311 e. The first kappa shape index (κ1) is 18.0. The summed E-state index contributed by atoms with van der Waals surface area (Å²) in [5.74, 6) is -0.279. The Morgan fingerprint density at radius 1 is 1.25 bits per heavy atom. The number of anilines is 1. The van der Waals surface area contributed by atoms with Gasteiger partial charge in [-0.1, -0.05) is 6.92 Å². The van der Waals surface area contributed by atoms with Crippen molar-refractivity contribution < 1.29 is 18.0 Å². The largest absolute Gasteiger partial charge is 0.435 e. The average molecular weight is 343 g/mol. The van der Waals surface area contributed by atoms with E-state index in [0.717, 1.165) is 11.8 Å². The number of hydrogen-bond acceptors (Lipinski definition) is 3. The van der Waals surface area contributed by atoms with E-state index < -0.39 is 17.8 Å². The molecule has 24 heavy (non-hydrogen) atoms. The molecule has 0 aliphatic heterocycles. The van der Waals surface area contributed by atoms with E-state index in [1.807, 2.05) is 13.8 Å². The summed E-state index contributed by atoms with van der Waals surface area (Å²) < 4.78 is 40.9. The Labute approximate surface area is 137 Å². The number of aromatic nitrogens is 4. The number of nitrogens with one attached hydrogen (secondary N) is 1. The number of nitrogens with zero attached hydrogens (tertiary/aromatic N) is 4. The fraction of sp³-hybridized carbons (Fsp3) is 0.533. The Kier molecular flexibility index (Phi) is 5.00. The summed E-state index contributed by atoms with van der Waals surface area (Å²) in [6.07, 6.45) is -4.49. The third-order valence-electron chi connectivity index (χ3n) is 3.62. The number of alkyl halides is 3. The topological polar surface area (TPSA) is 64.7 Å². The number of carbonyl (C=O) groups is 1. The van der Waals surface area contributed by atoms with E-state index in [-0.39, 0.29) is 12.5 Å². The lowest BCUT2D eigenvalue weighted by Crippen LogP contribution is -2.26. The van der Waals surface area contributed by atoms with Crippen LogP contribution in [0, 0.1) is 19.8 Å².